The average molecular weight is 570 g/mol. The van der Waals surface area contributed by atoms with Crippen molar-refractivity contribution in [3.05, 3.63) is 88.9 Å². The van der Waals surface area contributed by atoms with Crippen LogP contribution >= 0.6 is 15.9 Å². The molecule has 3 aromatic rings. The van der Waals surface area contributed by atoms with Crippen molar-refractivity contribution in [3.8, 4) is 11.5 Å². The summed E-state index contributed by atoms with van der Waals surface area (Å²) in [5.74, 6) is -0.332. The van der Waals surface area contributed by atoms with Crippen molar-refractivity contribution in [1.29, 1.82) is 0 Å². The van der Waals surface area contributed by atoms with Crippen LogP contribution in [0.25, 0.3) is 0 Å². The molecule has 0 heterocycles. The molecule has 0 fully saturated rings. The highest BCUT2D eigenvalue weighted by atomic mass is 79.9. The molecule has 0 spiro atoms. The first-order valence-corrected chi connectivity index (χ1v) is 12.2. The zero-order chi connectivity index (χ0) is 26.8. The summed E-state index contributed by atoms with van der Waals surface area (Å²) < 4.78 is 17.5. The third kappa shape index (κ3) is 7.99. The number of hydrogen-bond acceptors (Lipinski definition) is 7. The second-order valence-electron chi connectivity index (χ2n) is 7.74. The largest absolute Gasteiger partial charge is 0.504 e. The predicted molar refractivity (Wildman–Crippen MR) is 146 cm³/mol. The van der Waals surface area contributed by atoms with Gasteiger partial charge in [-0.1, -0.05) is 34.1 Å². The Bertz CT molecular complexity index is 1250. The van der Waals surface area contributed by atoms with E-state index in [-0.39, 0.29) is 18.1 Å². The molecule has 0 aliphatic heterocycles. The van der Waals surface area contributed by atoms with Gasteiger partial charge in [0, 0.05) is 22.8 Å². The second-order valence-corrected chi connectivity index (χ2v) is 8.66. The number of nitrogens with one attached hydrogen (secondary N) is 2. The summed E-state index contributed by atoms with van der Waals surface area (Å²) in [6.45, 7) is 2.04. The van der Waals surface area contributed by atoms with Crippen molar-refractivity contribution in [2.75, 3.05) is 30.1 Å². The molecule has 37 heavy (non-hydrogen) atoms. The fraction of sp³-hybridized carbons (Fsp3) is 0.185. The Morgan fingerprint density at radius 1 is 1.08 bits per heavy atom. The third-order valence-electron chi connectivity index (χ3n) is 5.17. The van der Waals surface area contributed by atoms with Gasteiger partial charge in [-0.15, -0.1) is 0 Å². The van der Waals surface area contributed by atoms with E-state index >= 15 is 0 Å². The number of nitrogens with two attached hydrogens (primary N) is 1. The summed E-state index contributed by atoms with van der Waals surface area (Å²) in [7, 11) is 1.43. The molecule has 2 amide bonds. The number of phenols is 1. The summed E-state index contributed by atoms with van der Waals surface area (Å²) in [5.41, 5.74) is 7.73. The van der Waals surface area contributed by atoms with Crippen molar-refractivity contribution < 1.29 is 28.9 Å². The van der Waals surface area contributed by atoms with Crippen LogP contribution in [0.5, 0.6) is 11.5 Å². The number of rotatable bonds is 10. The first-order chi connectivity index (χ1) is 17.8. The van der Waals surface area contributed by atoms with Gasteiger partial charge in [0.2, 0.25) is 5.91 Å². The number of nitrogen functional groups attached to an aromatic ring is 1. The van der Waals surface area contributed by atoms with Crippen LogP contribution in [0.1, 0.15) is 18.6 Å². The molecule has 0 radical (unpaired) electrons. The maximum atomic E-state index is 12.8. The lowest BCUT2D eigenvalue weighted by atomic mass is 10.0. The number of ether oxygens (including phenoxy) is 3. The average Bonchev–Trinajstić information content (AvgIpc) is 2.88. The Balaban J connectivity index is 1.86. The third-order valence-corrected chi connectivity index (χ3v) is 5.70. The fourth-order valence-electron chi connectivity index (χ4n) is 3.41. The number of phenolic OH excluding ortho intramolecular Hbond substituents is 1. The lowest BCUT2D eigenvalue weighted by Crippen LogP contribution is -2.28. The van der Waals surface area contributed by atoms with Gasteiger partial charge >= 0.3 is 6.09 Å². The van der Waals surface area contributed by atoms with E-state index in [2.05, 4.69) is 26.6 Å². The number of carbonyl (C=O) groups is 2. The number of aromatic hydroxyl groups is 1. The molecule has 3 rings (SSSR count). The van der Waals surface area contributed by atoms with E-state index in [4.69, 9.17) is 19.9 Å². The Morgan fingerprint density at radius 2 is 1.81 bits per heavy atom. The minimum absolute atomic E-state index is 0.140. The summed E-state index contributed by atoms with van der Waals surface area (Å²) in [6, 6.07) is 18.4. The van der Waals surface area contributed by atoms with Crippen LogP contribution in [0.3, 0.4) is 0 Å². The molecule has 0 unspecified atom stereocenters. The number of halogens is 1. The van der Waals surface area contributed by atoms with Gasteiger partial charge in [-0.05, 0) is 67.1 Å². The van der Waals surface area contributed by atoms with Crippen LogP contribution in [0.4, 0.5) is 21.9 Å². The van der Waals surface area contributed by atoms with Gasteiger partial charge in [-0.3, -0.25) is 10.1 Å². The standard InChI is InChI=1S/C27H28BrN3O6/c1-3-36-24(14-15-25(33)31-21-7-5-4-6-20(21)29)26(17-8-13-23(35-2)22(32)16-17)37-27(34)30-19-11-9-18(28)10-12-19/h4-16,24,26,32H,3,29H2,1-2H3,(H,30,34)(H,31,33)/b15-14+/t24-,26-/m0/s1. The van der Waals surface area contributed by atoms with Gasteiger partial charge in [0.25, 0.3) is 0 Å². The van der Waals surface area contributed by atoms with Crippen LogP contribution in [0.15, 0.2) is 83.4 Å². The normalized spacial score (nSPS) is 12.5. The maximum Gasteiger partial charge on any atom is 0.412 e. The van der Waals surface area contributed by atoms with Gasteiger partial charge in [0.1, 0.15) is 6.10 Å². The molecule has 0 saturated carbocycles. The highest BCUT2D eigenvalue weighted by Crippen LogP contribution is 2.33. The molecule has 5 N–H and O–H groups in total. The summed E-state index contributed by atoms with van der Waals surface area (Å²) in [5, 5.41) is 15.7. The number of hydrogen-bond donors (Lipinski definition) is 4. The van der Waals surface area contributed by atoms with Gasteiger partial charge in [0.05, 0.1) is 18.5 Å². The molecule has 0 saturated heterocycles. The highest BCUT2D eigenvalue weighted by molar-refractivity contribution is 9.10. The Kier molecular flexibility index (Phi) is 9.93. The summed E-state index contributed by atoms with van der Waals surface area (Å²) in [6.07, 6.45) is 0.128. The fourth-order valence-corrected chi connectivity index (χ4v) is 3.67. The van der Waals surface area contributed by atoms with E-state index in [1.54, 1.807) is 67.6 Å². The van der Waals surface area contributed by atoms with Crippen LogP contribution in [0, 0.1) is 0 Å². The molecular weight excluding hydrogens is 542 g/mol. The molecule has 0 aliphatic rings. The number of carbonyl (C=O) groups excluding carboxylic acids is 2. The van der Waals surface area contributed by atoms with Crippen molar-refractivity contribution >= 4 is 45.0 Å². The number of anilines is 3. The number of benzene rings is 3. The molecule has 9 nitrogen and oxygen atoms in total. The first kappa shape index (κ1) is 27.6. The Labute approximate surface area is 223 Å². The Hall–Kier alpha value is -4.02. The molecule has 194 valence electrons. The maximum absolute atomic E-state index is 12.8. The van der Waals surface area contributed by atoms with Crippen molar-refractivity contribution in [2.45, 2.75) is 19.1 Å². The number of para-hydroxylation sites is 2. The molecule has 0 aromatic heterocycles. The van der Waals surface area contributed by atoms with Crippen LogP contribution in [0.2, 0.25) is 0 Å². The van der Waals surface area contributed by atoms with Crippen molar-refractivity contribution in [2.24, 2.45) is 0 Å². The SMILES string of the molecule is CCO[C@@H](/C=C/C(=O)Nc1ccccc1N)[C@@H](OC(=O)Nc1ccc(Br)cc1)c1ccc(OC)c(O)c1. The van der Waals surface area contributed by atoms with E-state index in [0.29, 0.717) is 22.6 Å². The van der Waals surface area contributed by atoms with Crippen LogP contribution in [-0.2, 0) is 14.3 Å². The van der Waals surface area contributed by atoms with Crippen molar-refractivity contribution in [3.63, 3.8) is 0 Å². The number of methoxy groups -OCH3 is 1. The summed E-state index contributed by atoms with van der Waals surface area (Å²) in [4.78, 5) is 25.4. The van der Waals surface area contributed by atoms with Gasteiger partial charge < -0.3 is 30.4 Å². The van der Waals surface area contributed by atoms with Crippen molar-refractivity contribution in [1.82, 2.24) is 0 Å². The number of amides is 2. The van der Waals surface area contributed by atoms with Gasteiger partial charge in [-0.2, -0.15) is 0 Å². The topological polar surface area (TPSA) is 132 Å². The minimum atomic E-state index is -1.02. The molecule has 0 bridgehead atoms. The van der Waals surface area contributed by atoms with E-state index in [1.807, 2.05) is 0 Å². The quantitative estimate of drug-likeness (QED) is 0.183. The zero-order valence-electron chi connectivity index (χ0n) is 20.3. The highest BCUT2D eigenvalue weighted by Gasteiger charge is 2.27. The second kappa shape index (κ2) is 13.3. The van der Waals surface area contributed by atoms with Crippen LogP contribution < -0.4 is 21.1 Å². The molecule has 3 aromatic carbocycles. The molecule has 2 atom stereocenters. The molecule has 0 aliphatic carbocycles. The molecule has 10 heteroatoms. The van der Waals surface area contributed by atoms with E-state index < -0.39 is 24.2 Å². The van der Waals surface area contributed by atoms with E-state index in [1.165, 1.54) is 25.3 Å². The summed E-state index contributed by atoms with van der Waals surface area (Å²) >= 11 is 3.35. The van der Waals surface area contributed by atoms with Crippen LogP contribution in [-0.4, -0.2) is 36.9 Å². The van der Waals surface area contributed by atoms with E-state index in [9.17, 15) is 14.7 Å². The van der Waals surface area contributed by atoms with Gasteiger partial charge in [0.15, 0.2) is 17.6 Å². The lowest BCUT2D eigenvalue weighted by Gasteiger charge is -2.25. The van der Waals surface area contributed by atoms with E-state index in [0.717, 1.165) is 4.47 Å². The lowest BCUT2D eigenvalue weighted by molar-refractivity contribution is -0.112. The predicted octanol–water partition coefficient (Wildman–Crippen LogP) is 5.64. The smallest absolute Gasteiger partial charge is 0.412 e. The molecular formula is C27H28BrN3O6. The van der Waals surface area contributed by atoms with Gasteiger partial charge in [-0.25, -0.2) is 4.79 Å². The minimum Gasteiger partial charge on any atom is -0.504 e. The first-order valence-electron chi connectivity index (χ1n) is 11.4. The monoisotopic (exact) mass is 569 g/mol. The Morgan fingerprint density at radius 3 is 2.46 bits per heavy atom. The zero-order valence-corrected chi connectivity index (χ0v) is 21.9.